The van der Waals surface area contributed by atoms with Gasteiger partial charge in [0.1, 0.15) is 0 Å². The number of hydrogen-bond acceptors (Lipinski definition) is 4. The number of carbonyl (C=O) groups excluding carboxylic acids is 1. The average Bonchev–Trinajstić information content (AvgIpc) is 2.45. The lowest BCUT2D eigenvalue weighted by Gasteiger charge is -2.33. The first-order valence-corrected chi connectivity index (χ1v) is 9.23. The normalized spacial score (nSPS) is 16.6. The summed E-state index contributed by atoms with van der Waals surface area (Å²) in [7, 11) is -3.18. The summed E-state index contributed by atoms with van der Waals surface area (Å²) >= 11 is 6.11. The van der Waals surface area contributed by atoms with Crippen LogP contribution in [-0.4, -0.2) is 62.5 Å². The summed E-state index contributed by atoms with van der Waals surface area (Å²) in [6, 6.07) is 5.59. The molecule has 2 rings (SSSR count). The molecule has 1 amide bonds. The lowest BCUT2D eigenvalue weighted by atomic mass is 10.2. The molecule has 0 spiro atoms. The second-order valence-electron chi connectivity index (χ2n) is 5.38. The van der Waals surface area contributed by atoms with E-state index in [-0.39, 0.29) is 12.5 Å². The maximum Gasteiger partial charge on any atom is 0.241 e. The number of nitrogens with zero attached hydrogens (tertiary/aromatic N) is 2. The van der Waals surface area contributed by atoms with Gasteiger partial charge in [-0.15, -0.1) is 0 Å². The summed E-state index contributed by atoms with van der Waals surface area (Å²) in [5.41, 5.74) is 1.77. The highest BCUT2D eigenvalue weighted by Crippen LogP contribution is 2.22. The molecule has 1 aliphatic rings. The van der Waals surface area contributed by atoms with Crippen molar-refractivity contribution in [1.82, 2.24) is 9.21 Å². The van der Waals surface area contributed by atoms with E-state index in [4.69, 9.17) is 11.6 Å². The van der Waals surface area contributed by atoms with Gasteiger partial charge in [-0.1, -0.05) is 17.7 Å². The monoisotopic (exact) mass is 345 g/mol. The number of benzene rings is 1. The van der Waals surface area contributed by atoms with Crippen molar-refractivity contribution in [2.24, 2.45) is 0 Å². The Morgan fingerprint density at radius 2 is 1.91 bits per heavy atom. The number of nitrogens with one attached hydrogen (secondary N) is 1. The molecule has 22 heavy (non-hydrogen) atoms. The molecule has 0 aromatic heterocycles. The van der Waals surface area contributed by atoms with Crippen molar-refractivity contribution in [3.05, 3.63) is 28.8 Å². The van der Waals surface area contributed by atoms with Crippen molar-refractivity contribution in [1.29, 1.82) is 0 Å². The molecule has 8 heteroatoms. The van der Waals surface area contributed by atoms with E-state index in [1.165, 1.54) is 10.6 Å². The summed E-state index contributed by atoms with van der Waals surface area (Å²) in [5.74, 6) is -0.0650. The molecule has 1 heterocycles. The summed E-state index contributed by atoms with van der Waals surface area (Å²) in [5, 5.41) is 3.60. The number of carbonyl (C=O) groups is 1. The van der Waals surface area contributed by atoms with Crippen LogP contribution < -0.4 is 5.32 Å². The fraction of sp³-hybridized carbons (Fsp3) is 0.500. The average molecular weight is 346 g/mol. The quantitative estimate of drug-likeness (QED) is 0.889. The number of halogens is 1. The zero-order valence-corrected chi connectivity index (χ0v) is 14.2. The summed E-state index contributed by atoms with van der Waals surface area (Å²) in [6.45, 7) is 3.60. The minimum absolute atomic E-state index is 0.0650. The molecular weight excluding hydrogens is 326 g/mol. The van der Waals surface area contributed by atoms with E-state index < -0.39 is 10.0 Å². The second kappa shape index (κ2) is 6.85. The van der Waals surface area contributed by atoms with Crippen LogP contribution >= 0.6 is 11.6 Å². The number of piperazine rings is 1. The molecule has 1 saturated heterocycles. The first-order chi connectivity index (χ1) is 10.3. The maximum absolute atomic E-state index is 12.2. The molecule has 1 aromatic rings. The second-order valence-corrected chi connectivity index (χ2v) is 7.77. The van der Waals surface area contributed by atoms with Gasteiger partial charge in [0, 0.05) is 26.2 Å². The minimum Gasteiger partial charge on any atom is -0.375 e. The predicted molar refractivity (Wildman–Crippen MR) is 87.7 cm³/mol. The number of rotatable bonds is 4. The largest absolute Gasteiger partial charge is 0.375 e. The number of hydrogen-bond donors (Lipinski definition) is 1. The van der Waals surface area contributed by atoms with Crippen molar-refractivity contribution < 1.29 is 13.2 Å². The Labute approximate surface area is 136 Å². The Bertz CT molecular complexity index is 655. The van der Waals surface area contributed by atoms with E-state index in [0.29, 0.717) is 31.2 Å². The van der Waals surface area contributed by atoms with Crippen molar-refractivity contribution in [2.75, 3.05) is 44.3 Å². The number of anilines is 1. The molecule has 0 radical (unpaired) electrons. The molecule has 0 bridgehead atoms. The van der Waals surface area contributed by atoms with Gasteiger partial charge >= 0.3 is 0 Å². The third kappa shape index (κ3) is 4.34. The van der Waals surface area contributed by atoms with E-state index in [2.05, 4.69) is 5.32 Å². The van der Waals surface area contributed by atoms with Gasteiger partial charge in [-0.25, -0.2) is 8.42 Å². The van der Waals surface area contributed by atoms with E-state index >= 15 is 0 Å². The van der Waals surface area contributed by atoms with Crippen LogP contribution in [0.15, 0.2) is 18.2 Å². The van der Waals surface area contributed by atoms with Gasteiger partial charge in [0.15, 0.2) is 0 Å². The Morgan fingerprint density at radius 1 is 1.27 bits per heavy atom. The number of sulfonamides is 1. The van der Waals surface area contributed by atoms with E-state index in [9.17, 15) is 13.2 Å². The van der Waals surface area contributed by atoms with Gasteiger partial charge in [0.25, 0.3) is 0 Å². The highest BCUT2D eigenvalue weighted by molar-refractivity contribution is 7.88. The van der Waals surface area contributed by atoms with Crippen LogP contribution in [0.3, 0.4) is 0 Å². The van der Waals surface area contributed by atoms with Crippen molar-refractivity contribution in [3.63, 3.8) is 0 Å². The van der Waals surface area contributed by atoms with Crippen LogP contribution in [0.25, 0.3) is 0 Å². The molecule has 0 aliphatic carbocycles. The van der Waals surface area contributed by atoms with Crippen molar-refractivity contribution in [2.45, 2.75) is 6.92 Å². The number of amides is 1. The van der Waals surface area contributed by atoms with E-state index in [1.54, 1.807) is 4.90 Å². The fourth-order valence-corrected chi connectivity index (χ4v) is 3.44. The van der Waals surface area contributed by atoms with Gasteiger partial charge in [-0.3, -0.25) is 4.79 Å². The molecular formula is C14H20ClN3O3S. The number of aryl methyl sites for hydroxylation is 1. The van der Waals surface area contributed by atoms with Gasteiger partial charge in [0.05, 0.1) is 23.5 Å². The predicted octanol–water partition coefficient (Wildman–Crippen LogP) is 1.16. The summed E-state index contributed by atoms with van der Waals surface area (Å²) in [6.07, 6.45) is 1.19. The van der Waals surface area contributed by atoms with Gasteiger partial charge < -0.3 is 10.2 Å². The standard InChI is InChI=1S/C14H20ClN3O3S/c1-11-3-4-13(12(15)9-11)16-10-14(19)17-5-7-18(8-6-17)22(2,20)21/h3-4,9,16H,5-8,10H2,1-2H3. The van der Waals surface area contributed by atoms with Crippen LogP contribution in [0.5, 0.6) is 0 Å². The summed E-state index contributed by atoms with van der Waals surface area (Å²) < 4.78 is 24.3. The Balaban J connectivity index is 1.86. The molecule has 1 aliphatic heterocycles. The Morgan fingerprint density at radius 3 is 2.45 bits per heavy atom. The van der Waals surface area contributed by atoms with Crippen LogP contribution in [0, 0.1) is 6.92 Å². The highest BCUT2D eigenvalue weighted by atomic mass is 35.5. The van der Waals surface area contributed by atoms with Crippen LogP contribution in [0.1, 0.15) is 5.56 Å². The first-order valence-electron chi connectivity index (χ1n) is 7.00. The zero-order chi connectivity index (χ0) is 16.3. The maximum atomic E-state index is 12.2. The zero-order valence-electron chi connectivity index (χ0n) is 12.7. The van der Waals surface area contributed by atoms with E-state index in [1.807, 2.05) is 25.1 Å². The molecule has 122 valence electrons. The summed E-state index contributed by atoms with van der Waals surface area (Å²) in [4.78, 5) is 13.8. The van der Waals surface area contributed by atoms with Crippen molar-refractivity contribution >= 4 is 33.2 Å². The molecule has 1 N–H and O–H groups in total. The topological polar surface area (TPSA) is 69.7 Å². The first kappa shape index (κ1) is 17.1. The van der Waals surface area contributed by atoms with Gasteiger partial charge in [-0.05, 0) is 24.6 Å². The van der Waals surface area contributed by atoms with Crippen LogP contribution in [0.4, 0.5) is 5.69 Å². The lowest BCUT2D eigenvalue weighted by Crippen LogP contribution is -2.51. The van der Waals surface area contributed by atoms with Crippen LogP contribution in [-0.2, 0) is 14.8 Å². The van der Waals surface area contributed by atoms with E-state index in [0.717, 1.165) is 11.3 Å². The molecule has 0 unspecified atom stereocenters. The SMILES string of the molecule is Cc1ccc(NCC(=O)N2CCN(S(C)(=O)=O)CC2)c(Cl)c1. The van der Waals surface area contributed by atoms with Crippen molar-refractivity contribution in [3.8, 4) is 0 Å². The molecule has 6 nitrogen and oxygen atoms in total. The van der Waals surface area contributed by atoms with Gasteiger partial charge in [-0.2, -0.15) is 4.31 Å². The molecule has 0 atom stereocenters. The third-order valence-electron chi connectivity index (χ3n) is 3.62. The highest BCUT2D eigenvalue weighted by Gasteiger charge is 2.25. The smallest absolute Gasteiger partial charge is 0.241 e. The fourth-order valence-electron chi connectivity index (χ4n) is 2.32. The molecule has 1 aromatic carbocycles. The Hall–Kier alpha value is -1.31. The third-order valence-corrected chi connectivity index (χ3v) is 5.23. The minimum atomic E-state index is -3.18. The molecule has 1 fully saturated rings. The Kier molecular flexibility index (Phi) is 5.31. The van der Waals surface area contributed by atoms with Crippen LogP contribution in [0.2, 0.25) is 5.02 Å². The molecule has 0 saturated carbocycles. The van der Waals surface area contributed by atoms with Gasteiger partial charge in [0.2, 0.25) is 15.9 Å². The lowest BCUT2D eigenvalue weighted by molar-refractivity contribution is -0.130.